The lowest BCUT2D eigenvalue weighted by atomic mass is 10.1. The molecular weight excluding hydrogens is 330 g/mol. The van der Waals surface area contributed by atoms with Crippen LogP contribution < -0.4 is 15.0 Å². The van der Waals surface area contributed by atoms with Crippen LogP contribution in [0, 0.1) is 5.92 Å². The first-order valence-corrected chi connectivity index (χ1v) is 8.83. The molecule has 0 saturated carbocycles. The minimum atomic E-state index is -0.361. The Morgan fingerprint density at radius 2 is 2.08 bits per heavy atom. The number of carbonyl (C=O) groups excluding carboxylic acids is 2. The molecule has 6 heteroatoms. The van der Waals surface area contributed by atoms with Crippen LogP contribution in [0.15, 0.2) is 48.7 Å². The maximum Gasteiger partial charge on any atom is 0.227 e. The van der Waals surface area contributed by atoms with Gasteiger partial charge in [0.05, 0.1) is 24.3 Å². The van der Waals surface area contributed by atoms with Crippen molar-refractivity contribution in [2.24, 2.45) is 5.92 Å². The van der Waals surface area contributed by atoms with Crippen LogP contribution in [-0.4, -0.2) is 29.9 Å². The zero-order valence-corrected chi connectivity index (χ0v) is 15.0. The van der Waals surface area contributed by atoms with Crippen LogP contribution in [0.25, 0.3) is 0 Å². The second-order valence-corrected chi connectivity index (χ2v) is 6.32. The number of aromatic nitrogens is 1. The van der Waals surface area contributed by atoms with Gasteiger partial charge >= 0.3 is 0 Å². The monoisotopic (exact) mass is 353 g/mol. The summed E-state index contributed by atoms with van der Waals surface area (Å²) < 4.78 is 5.42. The number of anilines is 1. The van der Waals surface area contributed by atoms with Gasteiger partial charge in [-0.1, -0.05) is 6.07 Å². The number of pyridine rings is 1. The highest BCUT2D eigenvalue weighted by molar-refractivity contribution is 6.00. The lowest BCUT2D eigenvalue weighted by molar-refractivity contribution is -0.126. The number of rotatable bonds is 6. The van der Waals surface area contributed by atoms with Gasteiger partial charge in [-0.2, -0.15) is 0 Å². The van der Waals surface area contributed by atoms with Gasteiger partial charge in [-0.25, -0.2) is 0 Å². The van der Waals surface area contributed by atoms with Crippen molar-refractivity contribution in [1.82, 2.24) is 10.3 Å². The van der Waals surface area contributed by atoms with E-state index in [1.165, 1.54) is 0 Å². The first-order valence-electron chi connectivity index (χ1n) is 8.83. The second kappa shape index (κ2) is 7.99. The summed E-state index contributed by atoms with van der Waals surface area (Å²) in [5.41, 5.74) is 1.58. The molecule has 0 radical (unpaired) electrons. The van der Waals surface area contributed by atoms with Crippen molar-refractivity contribution in [3.63, 3.8) is 0 Å². The molecule has 2 atom stereocenters. The van der Waals surface area contributed by atoms with Gasteiger partial charge in [0, 0.05) is 24.8 Å². The van der Waals surface area contributed by atoms with Gasteiger partial charge in [-0.05, 0) is 50.2 Å². The average Bonchev–Trinajstić information content (AvgIpc) is 3.05. The molecular formula is C20H23N3O3. The van der Waals surface area contributed by atoms with Crippen LogP contribution >= 0.6 is 0 Å². The van der Waals surface area contributed by atoms with Crippen molar-refractivity contribution in [2.75, 3.05) is 18.1 Å². The third-order valence-corrected chi connectivity index (χ3v) is 4.45. The van der Waals surface area contributed by atoms with E-state index >= 15 is 0 Å². The molecule has 1 aliphatic rings. The van der Waals surface area contributed by atoms with Crippen LogP contribution in [0.5, 0.6) is 5.75 Å². The molecule has 1 aromatic heterocycles. The fourth-order valence-corrected chi connectivity index (χ4v) is 3.06. The molecule has 136 valence electrons. The SMILES string of the molecule is CCOc1ccc(N2CC(C(=O)NC(C)c3ccccn3)CC2=O)cc1. The third kappa shape index (κ3) is 4.02. The normalized spacial score (nSPS) is 17.8. The lowest BCUT2D eigenvalue weighted by Gasteiger charge is -2.18. The number of carbonyl (C=O) groups is 2. The number of ether oxygens (including phenoxy) is 1. The van der Waals surface area contributed by atoms with E-state index in [0.29, 0.717) is 13.2 Å². The molecule has 2 amide bonds. The summed E-state index contributed by atoms with van der Waals surface area (Å²) in [7, 11) is 0. The Bertz CT molecular complexity index is 762. The zero-order valence-electron chi connectivity index (χ0n) is 15.0. The highest BCUT2D eigenvalue weighted by atomic mass is 16.5. The summed E-state index contributed by atoms with van der Waals surface area (Å²) in [4.78, 5) is 30.8. The van der Waals surface area contributed by atoms with Crippen molar-refractivity contribution in [3.05, 3.63) is 54.4 Å². The molecule has 1 aromatic carbocycles. The van der Waals surface area contributed by atoms with E-state index in [-0.39, 0.29) is 30.2 Å². The number of nitrogens with one attached hydrogen (secondary N) is 1. The number of amides is 2. The molecule has 1 saturated heterocycles. The zero-order chi connectivity index (χ0) is 18.5. The molecule has 0 bridgehead atoms. The minimum absolute atomic E-state index is 0.0419. The van der Waals surface area contributed by atoms with Crippen LogP contribution in [-0.2, 0) is 9.59 Å². The van der Waals surface area contributed by atoms with Crippen LogP contribution in [0.1, 0.15) is 32.0 Å². The fourth-order valence-electron chi connectivity index (χ4n) is 3.06. The predicted molar refractivity (Wildman–Crippen MR) is 98.9 cm³/mol. The highest BCUT2D eigenvalue weighted by Crippen LogP contribution is 2.27. The maximum absolute atomic E-state index is 12.6. The Labute approximate surface area is 153 Å². The predicted octanol–water partition coefficient (Wildman–Crippen LogP) is 2.71. The molecule has 26 heavy (non-hydrogen) atoms. The summed E-state index contributed by atoms with van der Waals surface area (Å²) in [6.45, 7) is 4.79. The van der Waals surface area contributed by atoms with Gasteiger partial charge in [0.2, 0.25) is 11.8 Å². The largest absolute Gasteiger partial charge is 0.494 e. The van der Waals surface area contributed by atoms with Crippen molar-refractivity contribution >= 4 is 17.5 Å². The van der Waals surface area contributed by atoms with E-state index in [0.717, 1.165) is 17.1 Å². The number of nitrogens with zero attached hydrogens (tertiary/aromatic N) is 2. The standard InChI is InChI=1S/C20H23N3O3/c1-3-26-17-9-7-16(8-10-17)23-13-15(12-19(23)24)20(25)22-14(2)18-6-4-5-11-21-18/h4-11,14-15H,3,12-13H2,1-2H3,(H,22,25). The Kier molecular flexibility index (Phi) is 5.51. The first-order chi connectivity index (χ1) is 12.6. The molecule has 6 nitrogen and oxygen atoms in total. The van der Waals surface area contributed by atoms with Gasteiger partial charge in [0.1, 0.15) is 5.75 Å². The summed E-state index contributed by atoms with van der Waals surface area (Å²) in [5.74, 6) is 0.242. The van der Waals surface area contributed by atoms with Crippen molar-refractivity contribution < 1.29 is 14.3 Å². The van der Waals surface area contributed by atoms with Gasteiger partial charge in [-0.15, -0.1) is 0 Å². The molecule has 1 fully saturated rings. The molecule has 0 spiro atoms. The van der Waals surface area contributed by atoms with Crippen molar-refractivity contribution in [1.29, 1.82) is 0 Å². The van der Waals surface area contributed by atoms with E-state index in [1.807, 2.05) is 56.3 Å². The quantitative estimate of drug-likeness (QED) is 0.867. The molecule has 1 N–H and O–H groups in total. The number of hydrogen-bond donors (Lipinski definition) is 1. The molecule has 2 heterocycles. The Morgan fingerprint density at radius 1 is 1.31 bits per heavy atom. The Hall–Kier alpha value is -2.89. The Balaban J connectivity index is 1.62. The van der Waals surface area contributed by atoms with Crippen molar-refractivity contribution in [3.8, 4) is 5.75 Å². The van der Waals surface area contributed by atoms with Crippen molar-refractivity contribution in [2.45, 2.75) is 26.3 Å². The van der Waals surface area contributed by atoms with Gasteiger partial charge in [0.25, 0.3) is 0 Å². The summed E-state index contributed by atoms with van der Waals surface area (Å²) in [5, 5.41) is 2.96. The van der Waals surface area contributed by atoms with E-state index in [9.17, 15) is 9.59 Å². The lowest BCUT2D eigenvalue weighted by Crippen LogP contribution is -2.34. The van der Waals surface area contributed by atoms with Crippen LogP contribution in [0.4, 0.5) is 5.69 Å². The van der Waals surface area contributed by atoms with Crippen LogP contribution in [0.2, 0.25) is 0 Å². The average molecular weight is 353 g/mol. The van der Waals surface area contributed by atoms with Gasteiger partial charge in [-0.3, -0.25) is 14.6 Å². The van der Waals surface area contributed by atoms with E-state index in [4.69, 9.17) is 4.74 Å². The minimum Gasteiger partial charge on any atom is -0.494 e. The third-order valence-electron chi connectivity index (χ3n) is 4.45. The van der Waals surface area contributed by atoms with Gasteiger partial charge < -0.3 is 15.0 Å². The summed E-state index contributed by atoms with van der Waals surface area (Å²) in [6.07, 6.45) is 1.92. The molecule has 2 aromatic rings. The molecule has 1 aliphatic heterocycles. The summed E-state index contributed by atoms with van der Waals surface area (Å²) in [6, 6.07) is 12.8. The second-order valence-electron chi connectivity index (χ2n) is 6.32. The summed E-state index contributed by atoms with van der Waals surface area (Å²) >= 11 is 0. The maximum atomic E-state index is 12.6. The molecule has 0 aliphatic carbocycles. The highest BCUT2D eigenvalue weighted by Gasteiger charge is 2.35. The van der Waals surface area contributed by atoms with Gasteiger partial charge in [0.15, 0.2) is 0 Å². The molecule has 3 rings (SSSR count). The Morgan fingerprint density at radius 3 is 2.73 bits per heavy atom. The van der Waals surface area contributed by atoms with Crippen LogP contribution in [0.3, 0.4) is 0 Å². The van der Waals surface area contributed by atoms with E-state index in [2.05, 4.69) is 10.3 Å². The molecule has 2 unspecified atom stereocenters. The smallest absolute Gasteiger partial charge is 0.227 e. The number of benzene rings is 1. The van der Waals surface area contributed by atoms with E-state index < -0.39 is 0 Å². The van der Waals surface area contributed by atoms with E-state index in [1.54, 1.807) is 11.1 Å². The fraction of sp³-hybridized carbons (Fsp3) is 0.350. The first kappa shape index (κ1) is 17.9. The number of hydrogen-bond acceptors (Lipinski definition) is 4. The topological polar surface area (TPSA) is 71.5 Å².